The molecule has 5 aromatic rings. The summed E-state index contributed by atoms with van der Waals surface area (Å²) in [6.07, 6.45) is 6.44. The summed E-state index contributed by atoms with van der Waals surface area (Å²) in [7, 11) is 2.96. The van der Waals surface area contributed by atoms with Gasteiger partial charge in [-0.2, -0.15) is 0 Å². The maximum Gasteiger partial charge on any atom is 0.261 e. The van der Waals surface area contributed by atoms with Crippen molar-refractivity contribution >= 4 is 82.1 Å². The van der Waals surface area contributed by atoms with E-state index < -0.39 is 30.8 Å². The normalized spacial score (nSPS) is 15.5. The van der Waals surface area contributed by atoms with Gasteiger partial charge in [0.25, 0.3) is 11.8 Å². The quantitative estimate of drug-likeness (QED) is 0.0673. The number of nitrogens with one attached hydrogen (secondary N) is 4. The Labute approximate surface area is 426 Å². The number of unbranched alkanes of at least 4 members (excludes halogenated alkanes) is 1. The zero-order valence-electron chi connectivity index (χ0n) is 41.0. The van der Waals surface area contributed by atoms with Crippen molar-refractivity contribution in [2.45, 2.75) is 70.7 Å². The van der Waals surface area contributed by atoms with Crippen molar-refractivity contribution in [2.24, 2.45) is 9.98 Å². The maximum atomic E-state index is 14.0. The lowest BCUT2D eigenvalue weighted by Crippen LogP contribution is -2.43. The predicted molar refractivity (Wildman–Crippen MR) is 276 cm³/mol. The van der Waals surface area contributed by atoms with Crippen LogP contribution < -0.4 is 50.0 Å². The third-order valence-electron chi connectivity index (χ3n) is 12.9. The number of fused-ring (bicyclic) bond motifs is 8. The van der Waals surface area contributed by atoms with E-state index in [0.717, 1.165) is 22.5 Å². The van der Waals surface area contributed by atoms with Gasteiger partial charge in [0.05, 0.1) is 68.4 Å². The average Bonchev–Trinajstić information content (AvgIpc) is 3.89. The van der Waals surface area contributed by atoms with Gasteiger partial charge in [-0.05, 0) is 84.5 Å². The number of ether oxygens (including phenoxy) is 4. The van der Waals surface area contributed by atoms with Gasteiger partial charge >= 0.3 is 0 Å². The Morgan fingerprint density at radius 1 is 0.568 bits per heavy atom. The second kappa shape index (κ2) is 22.3. The van der Waals surface area contributed by atoms with Gasteiger partial charge in [0, 0.05) is 67.3 Å². The summed E-state index contributed by atoms with van der Waals surface area (Å²) in [5.41, 5.74) is 6.87. The van der Waals surface area contributed by atoms with Gasteiger partial charge in [-0.25, -0.2) is 0 Å². The van der Waals surface area contributed by atoms with Crippen LogP contribution in [-0.2, 0) is 50.0 Å². The molecule has 0 bridgehead atoms. The number of Topliss-reactive ketones (excluding diaryl/α,β-unsaturated/α-hetero) is 1. The first-order chi connectivity index (χ1) is 35.8. The molecule has 19 heteroatoms. The summed E-state index contributed by atoms with van der Waals surface area (Å²) >= 11 is 0. The molecule has 4 aliphatic heterocycles. The number of hydrogen-bond acceptors (Lipinski definition) is 13. The van der Waals surface area contributed by atoms with E-state index in [1.54, 1.807) is 58.6 Å². The molecule has 74 heavy (non-hydrogen) atoms. The molecule has 19 nitrogen and oxygen atoms in total. The molecule has 2 atom stereocenters. The molecule has 0 saturated carbocycles. The molecule has 0 saturated heterocycles. The zero-order valence-corrected chi connectivity index (χ0v) is 41.0. The molecule has 5 aromatic carbocycles. The van der Waals surface area contributed by atoms with Gasteiger partial charge in [0.15, 0.2) is 23.0 Å². The van der Waals surface area contributed by atoms with E-state index in [9.17, 15) is 33.6 Å². The lowest BCUT2D eigenvalue weighted by molar-refractivity contribution is -0.128. The van der Waals surface area contributed by atoms with Crippen molar-refractivity contribution in [3.05, 3.63) is 124 Å². The summed E-state index contributed by atoms with van der Waals surface area (Å²) in [5.74, 6) is -1.30. The second-order valence-corrected chi connectivity index (χ2v) is 18.2. The molecule has 0 fully saturated rings. The van der Waals surface area contributed by atoms with Crippen LogP contribution in [0.25, 0.3) is 0 Å². The maximum absolute atomic E-state index is 14.0. The fourth-order valence-corrected chi connectivity index (χ4v) is 9.32. The standard InChI is InChI=1S/C55H54N8O11/c1-32(64)10-4-9-15-50(65)58-27-51(66)59-28-52(67)60-29-53(68)61-37-17-33(30-73-48-23-42-40(21-46(48)71-2)54(69)62-38(25-56-42)19-35-11-5-7-13-44(35)62)16-34(18-37)31-74-49-24-43-41(22-47(49)72-3)55(70)63-39(26-57-43)20-36-12-6-8-14-45(36)63/h5-8,11-14,16-18,21-26,38-39H,4,9-10,15,19-20,27-31H2,1-3H3,(H,58,65)(H,59,66)(H,60,67)(H,61,68)/t38-,39-/m0/s1. The van der Waals surface area contributed by atoms with Crippen LogP contribution in [0.5, 0.6) is 23.0 Å². The first-order valence-corrected chi connectivity index (χ1v) is 24.2. The van der Waals surface area contributed by atoms with Crippen LogP contribution in [0.3, 0.4) is 0 Å². The number of benzene rings is 5. The molecule has 6 amide bonds. The first kappa shape index (κ1) is 50.1. The highest BCUT2D eigenvalue weighted by atomic mass is 16.5. The van der Waals surface area contributed by atoms with E-state index in [1.165, 1.54) is 21.1 Å². The SMILES string of the molecule is COc1cc2c(cc1OCc1cc(COc3cc4c(cc3OC)C(=O)N3c5ccccc5C[C@H]3C=N4)cc(NC(=O)CNC(=O)CNC(=O)CNC(=O)CCCCC(C)=O)c1)N=C[C@@H]1Cc3ccccc3N1C2=O. The van der Waals surface area contributed by atoms with Crippen LogP contribution in [0.4, 0.5) is 28.4 Å². The highest BCUT2D eigenvalue weighted by Gasteiger charge is 2.38. The number of hydrogen-bond donors (Lipinski definition) is 4. The molecule has 4 heterocycles. The number of para-hydroxylation sites is 2. The molecule has 0 radical (unpaired) electrons. The van der Waals surface area contributed by atoms with Crippen molar-refractivity contribution in [3.63, 3.8) is 0 Å². The highest BCUT2D eigenvalue weighted by Crippen LogP contribution is 2.43. The van der Waals surface area contributed by atoms with Crippen molar-refractivity contribution in [2.75, 3.05) is 49.0 Å². The van der Waals surface area contributed by atoms with Crippen LogP contribution in [0.2, 0.25) is 0 Å². The molecule has 0 unspecified atom stereocenters. The number of rotatable bonds is 20. The number of carbonyl (C=O) groups excluding carboxylic acids is 7. The number of amides is 6. The number of ketones is 1. The van der Waals surface area contributed by atoms with E-state index >= 15 is 0 Å². The van der Waals surface area contributed by atoms with Crippen LogP contribution in [-0.4, -0.2) is 99.6 Å². The molecule has 9 rings (SSSR count). The minimum atomic E-state index is -0.641. The molecule has 4 N–H and O–H groups in total. The monoisotopic (exact) mass is 1000 g/mol. The molecule has 0 aromatic heterocycles. The van der Waals surface area contributed by atoms with Gasteiger partial charge in [0.1, 0.15) is 19.0 Å². The molecular formula is C55H54N8O11. The Morgan fingerprint density at radius 2 is 1.03 bits per heavy atom. The van der Waals surface area contributed by atoms with Gasteiger partial charge in [-0.1, -0.05) is 36.4 Å². The zero-order chi connectivity index (χ0) is 51.9. The molecule has 380 valence electrons. The largest absolute Gasteiger partial charge is 0.493 e. The summed E-state index contributed by atoms with van der Waals surface area (Å²) in [4.78, 5) is 102. The van der Waals surface area contributed by atoms with Crippen molar-refractivity contribution < 1.29 is 52.5 Å². The topological polar surface area (TPSA) is 236 Å². The second-order valence-electron chi connectivity index (χ2n) is 18.2. The average molecular weight is 1000 g/mol. The Bertz CT molecular complexity index is 2970. The van der Waals surface area contributed by atoms with Crippen LogP contribution in [0, 0.1) is 0 Å². The van der Waals surface area contributed by atoms with Crippen LogP contribution >= 0.6 is 0 Å². The minimum Gasteiger partial charge on any atom is -0.493 e. The number of methoxy groups -OCH3 is 2. The van der Waals surface area contributed by atoms with E-state index in [4.69, 9.17) is 28.9 Å². The van der Waals surface area contributed by atoms with E-state index in [2.05, 4.69) is 21.3 Å². The fourth-order valence-electron chi connectivity index (χ4n) is 9.32. The van der Waals surface area contributed by atoms with Gasteiger partial charge in [0.2, 0.25) is 23.6 Å². The lowest BCUT2D eigenvalue weighted by Gasteiger charge is -2.22. The summed E-state index contributed by atoms with van der Waals surface area (Å²) in [6.45, 7) is 0.185. The van der Waals surface area contributed by atoms with Crippen molar-refractivity contribution in [1.82, 2.24) is 16.0 Å². The van der Waals surface area contributed by atoms with Gasteiger partial charge in [-0.15, -0.1) is 0 Å². The number of anilines is 3. The third kappa shape index (κ3) is 11.3. The fraction of sp³-hybridized carbons (Fsp3) is 0.291. The third-order valence-corrected chi connectivity index (χ3v) is 12.9. The Balaban J connectivity index is 0.892. The van der Waals surface area contributed by atoms with Gasteiger partial charge in [-0.3, -0.25) is 48.6 Å². The Morgan fingerprint density at radius 3 is 1.51 bits per heavy atom. The number of aliphatic imine (C=N–C) groups is 2. The lowest BCUT2D eigenvalue weighted by atomic mass is 10.1. The van der Waals surface area contributed by atoms with Crippen molar-refractivity contribution in [3.8, 4) is 23.0 Å². The molecule has 4 aliphatic rings. The van der Waals surface area contributed by atoms with Gasteiger partial charge < -0.3 is 45.0 Å². The predicted octanol–water partition coefficient (Wildman–Crippen LogP) is 5.87. The summed E-state index contributed by atoms with van der Waals surface area (Å²) in [5, 5.41) is 10.2. The van der Waals surface area contributed by atoms with E-state index in [0.29, 0.717) is 94.4 Å². The molecular weight excluding hydrogens is 949 g/mol. The minimum absolute atomic E-state index is 0.0395. The number of carbonyl (C=O) groups is 7. The Kier molecular flexibility index (Phi) is 15.1. The van der Waals surface area contributed by atoms with Crippen LogP contribution in [0.15, 0.2) is 101 Å². The molecule has 0 aliphatic carbocycles. The Hall–Kier alpha value is -8.87. The number of nitrogens with zero attached hydrogens (tertiary/aromatic N) is 4. The van der Waals surface area contributed by atoms with E-state index in [1.807, 2.05) is 54.6 Å². The highest BCUT2D eigenvalue weighted by molar-refractivity contribution is 6.16. The smallest absolute Gasteiger partial charge is 0.261 e. The summed E-state index contributed by atoms with van der Waals surface area (Å²) < 4.78 is 24.2. The van der Waals surface area contributed by atoms with Crippen molar-refractivity contribution in [1.29, 1.82) is 0 Å². The summed E-state index contributed by atoms with van der Waals surface area (Å²) in [6, 6.07) is 26.8. The molecule has 0 spiro atoms. The van der Waals surface area contributed by atoms with E-state index in [-0.39, 0.29) is 61.8 Å². The van der Waals surface area contributed by atoms with Crippen LogP contribution in [0.1, 0.15) is 75.6 Å². The first-order valence-electron chi connectivity index (χ1n) is 24.2.